The van der Waals surface area contributed by atoms with Crippen molar-refractivity contribution in [2.45, 2.75) is 26.3 Å². The molecule has 0 amide bonds. The zero-order valence-corrected chi connectivity index (χ0v) is 21.8. The van der Waals surface area contributed by atoms with Gasteiger partial charge in [0.15, 0.2) is 5.96 Å². The van der Waals surface area contributed by atoms with Crippen LogP contribution in [0.15, 0.2) is 29.3 Å². The summed E-state index contributed by atoms with van der Waals surface area (Å²) in [7, 11) is 3.59. The molecule has 2 unspecified atom stereocenters. The van der Waals surface area contributed by atoms with E-state index in [0.717, 1.165) is 64.2 Å². The summed E-state index contributed by atoms with van der Waals surface area (Å²) in [4.78, 5) is 9.41. The Hall–Kier alpha value is -1.26. The highest BCUT2D eigenvalue weighted by Gasteiger charge is 2.26. The maximum absolute atomic E-state index is 5.53. The molecule has 2 saturated heterocycles. The molecule has 1 aromatic carbocycles. The van der Waals surface area contributed by atoms with Gasteiger partial charge in [0, 0.05) is 52.4 Å². The Balaban J connectivity index is 0.00000341. The molecule has 0 bridgehead atoms. The minimum atomic E-state index is 0. The first kappa shape index (κ1) is 26.0. The smallest absolute Gasteiger partial charge is 0.191 e. The van der Waals surface area contributed by atoms with Crippen molar-refractivity contribution in [2.75, 3.05) is 71.5 Å². The first-order valence-corrected chi connectivity index (χ1v) is 11.3. The number of benzene rings is 1. The summed E-state index contributed by atoms with van der Waals surface area (Å²) in [6.45, 7) is 12.2. The first-order chi connectivity index (χ1) is 14.6. The summed E-state index contributed by atoms with van der Waals surface area (Å²) >= 11 is 0. The normalized spacial score (nSPS) is 21.0. The number of hydrogen-bond donors (Lipinski definition) is 2. The molecule has 8 heteroatoms. The minimum Gasteiger partial charge on any atom is -0.495 e. The highest BCUT2D eigenvalue weighted by molar-refractivity contribution is 14.0. The van der Waals surface area contributed by atoms with Crippen molar-refractivity contribution in [3.05, 3.63) is 24.3 Å². The first-order valence-electron chi connectivity index (χ1n) is 11.3. The maximum atomic E-state index is 5.53. The summed E-state index contributed by atoms with van der Waals surface area (Å²) in [6.07, 6.45) is 1.17. The summed E-state index contributed by atoms with van der Waals surface area (Å²) in [5, 5.41) is 7.10. The molecule has 3 rings (SSSR count). The van der Waals surface area contributed by atoms with Gasteiger partial charge in [0.2, 0.25) is 0 Å². The van der Waals surface area contributed by atoms with Crippen molar-refractivity contribution in [3.63, 3.8) is 0 Å². The average Bonchev–Trinajstić information content (AvgIpc) is 3.25. The van der Waals surface area contributed by atoms with E-state index in [1.807, 2.05) is 19.2 Å². The van der Waals surface area contributed by atoms with Crippen molar-refractivity contribution in [2.24, 2.45) is 16.8 Å². The molecule has 31 heavy (non-hydrogen) atoms. The van der Waals surface area contributed by atoms with Crippen molar-refractivity contribution >= 4 is 35.6 Å². The van der Waals surface area contributed by atoms with Crippen molar-refractivity contribution < 1.29 is 9.47 Å². The lowest BCUT2D eigenvalue weighted by Crippen LogP contribution is -2.52. The number of morpholine rings is 1. The number of hydrogen-bond acceptors (Lipinski definition) is 5. The molecule has 0 saturated carbocycles. The third kappa shape index (κ3) is 7.39. The Kier molecular flexibility index (Phi) is 11.2. The van der Waals surface area contributed by atoms with Crippen LogP contribution < -0.4 is 20.3 Å². The Morgan fingerprint density at radius 1 is 1.19 bits per heavy atom. The fourth-order valence-corrected chi connectivity index (χ4v) is 4.47. The van der Waals surface area contributed by atoms with E-state index in [0.29, 0.717) is 17.9 Å². The predicted octanol–water partition coefficient (Wildman–Crippen LogP) is 2.66. The molecule has 0 spiro atoms. The second-order valence-electron chi connectivity index (χ2n) is 8.57. The van der Waals surface area contributed by atoms with E-state index in [1.165, 1.54) is 12.1 Å². The zero-order valence-electron chi connectivity index (χ0n) is 19.5. The third-order valence-corrected chi connectivity index (χ3v) is 6.26. The lowest BCUT2D eigenvalue weighted by Gasteiger charge is -2.37. The average molecular weight is 546 g/mol. The standard InChI is InChI=1S/C23H39N5O2.HI/c1-18(2)21(27-11-13-30-14-12-27)16-26-23(24-3)25-15-19-9-10-28(17-19)20-7-5-6-8-22(20)29-4;/h5-8,18-19,21H,9-17H2,1-4H3,(H2,24,25,26);1H. The SMILES string of the molecule is CN=C(NCC1CCN(c2ccccc2OC)C1)NCC(C(C)C)N1CCOCC1.I. The lowest BCUT2D eigenvalue weighted by molar-refractivity contribution is 0.00752. The van der Waals surface area contributed by atoms with Gasteiger partial charge in [-0.3, -0.25) is 9.89 Å². The molecule has 2 aliphatic rings. The summed E-state index contributed by atoms with van der Waals surface area (Å²) in [5.74, 6) is 3.02. The van der Waals surface area contributed by atoms with Crippen LogP contribution in [0.1, 0.15) is 20.3 Å². The number of ether oxygens (including phenoxy) is 2. The molecule has 7 nitrogen and oxygen atoms in total. The molecule has 2 fully saturated rings. The number of methoxy groups -OCH3 is 1. The van der Waals surface area contributed by atoms with E-state index in [2.05, 4.69) is 51.4 Å². The molecule has 2 heterocycles. The third-order valence-electron chi connectivity index (χ3n) is 6.26. The van der Waals surface area contributed by atoms with E-state index in [4.69, 9.17) is 9.47 Å². The van der Waals surface area contributed by atoms with Crippen LogP contribution in [0, 0.1) is 11.8 Å². The molecule has 2 N–H and O–H groups in total. The number of rotatable bonds is 8. The largest absolute Gasteiger partial charge is 0.495 e. The van der Waals surface area contributed by atoms with Crippen LogP contribution in [0.5, 0.6) is 5.75 Å². The second-order valence-corrected chi connectivity index (χ2v) is 8.57. The molecule has 0 aliphatic carbocycles. The zero-order chi connectivity index (χ0) is 21.3. The maximum Gasteiger partial charge on any atom is 0.191 e. The minimum absolute atomic E-state index is 0. The number of nitrogens with zero attached hydrogens (tertiary/aromatic N) is 3. The monoisotopic (exact) mass is 545 g/mol. The second kappa shape index (κ2) is 13.3. The van der Waals surface area contributed by atoms with Gasteiger partial charge >= 0.3 is 0 Å². The van der Waals surface area contributed by atoms with E-state index in [1.54, 1.807) is 7.11 Å². The van der Waals surface area contributed by atoms with Gasteiger partial charge in [-0.1, -0.05) is 26.0 Å². The van der Waals surface area contributed by atoms with Gasteiger partial charge in [0.1, 0.15) is 5.75 Å². The highest BCUT2D eigenvalue weighted by atomic mass is 127. The van der Waals surface area contributed by atoms with Crippen LogP contribution >= 0.6 is 24.0 Å². The van der Waals surface area contributed by atoms with Crippen LogP contribution in [-0.2, 0) is 4.74 Å². The summed E-state index contributed by atoms with van der Waals surface area (Å²) in [5.41, 5.74) is 1.19. The number of anilines is 1. The van der Waals surface area contributed by atoms with Crippen molar-refractivity contribution in [1.29, 1.82) is 0 Å². The Bertz CT molecular complexity index is 682. The van der Waals surface area contributed by atoms with Gasteiger partial charge in [0.25, 0.3) is 0 Å². The van der Waals surface area contributed by atoms with Gasteiger partial charge in [0.05, 0.1) is 26.0 Å². The number of nitrogens with one attached hydrogen (secondary N) is 2. The van der Waals surface area contributed by atoms with E-state index in [-0.39, 0.29) is 24.0 Å². The van der Waals surface area contributed by atoms with Gasteiger partial charge in [-0.15, -0.1) is 24.0 Å². The molecule has 0 radical (unpaired) electrons. The molecule has 2 aliphatic heterocycles. The van der Waals surface area contributed by atoms with E-state index < -0.39 is 0 Å². The van der Waals surface area contributed by atoms with Crippen LogP contribution in [0.2, 0.25) is 0 Å². The topological polar surface area (TPSA) is 61.4 Å². The predicted molar refractivity (Wildman–Crippen MR) is 139 cm³/mol. The Morgan fingerprint density at radius 3 is 2.61 bits per heavy atom. The quantitative estimate of drug-likeness (QED) is 0.298. The number of halogens is 1. The van der Waals surface area contributed by atoms with E-state index in [9.17, 15) is 0 Å². The molecule has 0 aromatic heterocycles. The van der Waals surface area contributed by atoms with E-state index >= 15 is 0 Å². The van der Waals surface area contributed by atoms with Crippen molar-refractivity contribution in [3.8, 4) is 5.75 Å². The summed E-state index contributed by atoms with van der Waals surface area (Å²) < 4.78 is 11.1. The molecule has 1 aromatic rings. The molecular weight excluding hydrogens is 505 g/mol. The van der Waals surface area contributed by atoms with Crippen LogP contribution in [0.4, 0.5) is 5.69 Å². The van der Waals surface area contributed by atoms with Gasteiger partial charge in [-0.25, -0.2) is 0 Å². The fraction of sp³-hybridized carbons (Fsp3) is 0.696. The molecular formula is C23H40IN5O2. The summed E-state index contributed by atoms with van der Waals surface area (Å²) in [6, 6.07) is 8.77. The van der Waals surface area contributed by atoms with Crippen LogP contribution in [0.3, 0.4) is 0 Å². The number of para-hydroxylation sites is 2. The van der Waals surface area contributed by atoms with Crippen LogP contribution in [-0.4, -0.2) is 83.5 Å². The van der Waals surface area contributed by atoms with Crippen LogP contribution in [0.25, 0.3) is 0 Å². The highest BCUT2D eigenvalue weighted by Crippen LogP contribution is 2.31. The van der Waals surface area contributed by atoms with Gasteiger partial charge < -0.3 is 25.0 Å². The van der Waals surface area contributed by atoms with Gasteiger partial charge in [-0.05, 0) is 30.4 Å². The fourth-order valence-electron chi connectivity index (χ4n) is 4.47. The van der Waals surface area contributed by atoms with Gasteiger partial charge in [-0.2, -0.15) is 0 Å². The number of guanidine groups is 1. The van der Waals surface area contributed by atoms with Crippen molar-refractivity contribution in [1.82, 2.24) is 15.5 Å². The molecule has 2 atom stereocenters. The number of aliphatic imine (C=N–C) groups is 1. The Labute approximate surface area is 205 Å². The lowest BCUT2D eigenvalue weighted by atomic mass is 10.0. The molecule has 176 valence electrons. The Morgan fingerprint density at radius 2 is 1.94 bits per heavy atom.